The van der Waals surface area contributed by atoms with Crippen molar-refractivity contribution in [2.45, 2.75) is 32.8 Å². The normalized spacial score (nSPS) is 14.6. The van der Waals surface area contributed by atoms with Gasteiger partial charge in [-0.3, -0.25) is 4.79 Å². The Kier molecular flexibility index (Phi) is 7.77. The number of fused-ring (bicyclic) bond motifs is 1. The van der Waals surface area contributed by atoms with E-state index in [-0.39, 0.29) is 12.2 Å². The van der Waals surface area contributed by atoms with E-state index in [0.717, 1.165) is 22.4 Å². The lowest BCUT2D eigenvalue weighted by atomic mass is 9.92. The van der Waals surface area contributed by atoms with Crippen molar-refractivity contribution in [2.75, 3.05) is 20.3 Å². The molecule has 1 heterocycles. The number of methoxy groups -OCH3 is 1. The summed E-state index contributed by atoms with van der Waals surface area (Å²) in [5, 5.41) is 0. The van der Waals surface area contributed by atoms with Crippen LogP contribution in [0.25, 0.3) is 0 Å². The van der Waals surface area contributed by atoms with Gasteiger partial charge in [0.15, 0.2) is 5.78 Å². The van der Waals surface area contributed by atoms with Crippen LogP contribution in [0.1, 0.15) is 47.9 Å². The molecule has 2 aromatic rings. The van der Waals surface area contributed by atoms with Crippen molar-refractivity contribution in [3.05, 3.63) is 84.0 Å². The van der Waals surface area contributed by atoms with Crippen molar-refractivity contribution in [1.82, 2.24) is 0 Å². The third-order valence-corrected chi connectivity index (χ3v) is 5.13. The van der Waals surface area contributed by atoms with Crippen LogP contribution >= 0.6 is 0 Å². The van der Waals surface area contributed by atoms with Gasteiger partial charge in [0.05, 0.1) is 13.5 Å². The van der Waals surface area contributed by atoms with E-state index < -0.39 is 6.10 Å². The highest BCUT2D eigenvalue weighted by molar-refractivity contribution is 6.03. The van der Waals surface area contributed by atoms with Gasteiger partial charge in [-0.1, -0.05) is 49.1 Å². The Balaban J connectivity index is 2.03. The SMILES string of the molecule is C=CCOc1ccc([C@@H]2CC(=O)c3c(OC)cc(OCC=C)c(CC=C(C)C)c3O2)cc1. The molecule has 1 aliphatic rings. The highest BCUT2D eigenvalue weighted by Gasteiger charge is 2.34. The Morgan fingerprint density at radius 2 is 1.78 bits per heavy atom. The fraction of sp³-hybridized carbons (Fsp3) is 0.296. The van der Waals surface area contributed by atoms with E-state index in [1.807, 2.05) is 38.1 Å². The fourth-order valence-electron chi connectivity index (χ4n) is 3.56. The number of benzene rings is 2. The second-order valence-corrected chi connectivity index (χ2v) is 7.75. The third-order valence-electron chi connectivity index (χ3n) is 5.13. The molecular weight excluding hydrogens is 404 g/mol. The summed E-state index contributed by atoms with van der Waals surface area (Å²) in [6.07, 6.45) is 5.86. The van der Waals surface area contributed by atoms with Gasteiger partial charge in [-0.15, -0.1) is 0 Å². The number of ether oxygens (including phenoxy) is 4. The highest BCUT2D eigenvalue weighted by atomic mass is 16.5. The lowest BCUT2D eigenvalue weighted by molar-refractivity contribution is 0.0841. The van der Waals surface area contributed by atoms with Crippen molar-refractivity contribution in [1.29, 1.82) is 0 Å². The zero-order valence-electron chi connectivity index (χ0n) is 19.0. The van der Waals surface area contributed by atoms with Crippen molar-refractivity contribution < 1.29 is 23.7 Å². The molecule has 0 amide bonds. The average Bonchev–Trinajstić information content (AvgIpc) is 2.79. The van der Waals surface area contributed by atoms with Crippen molar-refractivity contribution in [3.8, 4) is 23.0 Å². The van der Waals surface area contributed by atoms with Crippen LogP contribution < -0.4 is 18.9 Å². The van der Waals surface area contributed by atoms with Crippen molar-refractivity contribution in [3.63, 3.8) is 0 Å². The summed E-state index contributed by atoms with van der Waals surface area (Å²) in [6.45, 7) is 12.2. The maximum absolute atomic E-state index is 13.2. The zero-order valence-corrected chi connectivity index (χ0v) is 19.0. The molecule has 5 nitrogen and oxygen atoms in total. The number of carbonyl (C=O) groups is 1. The van der Waals surface area contributed by atoms with Crippen LogP contribution in [0.15, 0.2) is 67.3 Å². The molecule has 0 fully saturated rings. The molecule has 0 aromatic heterocycles. The first-order chi connectivity index (χ1) is 15.5. The second kappa shape index (κ2) is 10.7. The molecule has 2 aromatic carbocycles. The molecule has 0 N–H and O–H groups in total. The molecule has 5 heteroatoms. The summed E-state index contributed by atoms with van der Waals surface area (Å²) in [6, 6.07) is 9.36. The van der Waals surface area contributed by atoms with Crippen molar-refractivity contribution in [2.24, 2.45) is 0 Å². The quantitative estimate of drug-likeness (QED) is 0.427. The first-order valence-electron chi connectivity index (χ1n) is 10.6. The predicted octanol–water partition coefficient (Wildman–Crippen LogP) is 6.04. The Labute approximate surface area is 190 Å². The minimum absolute atomic E-state index is 0.0196. The van der Waals surface area contributed by atoms with Crippen LogP contribution in [0.3, 0.4) is 0 Å². The largest absolute Gasteiger partial charge is 0.496 e. The number of allylic oxidation sites excluding steroid dienone is 2. The summed E-state index contributed by atoms with van der Waals surface area (Å²) >= 11 is 0. The summed E-state index contributed by atoms with van der Waals surface area (Å²) in [5.41, 5.74) is 3.36. The Morgan fingerprint density at radius 1 is 1.09 bits per heavy atom. The van der Waals surface area contributed by atoms with Gasteiger partial charge >= 0.3 is 0 Å². The van der Waals surface area contributed by atoms with E-state index in [1.165, 1.54) is 0 Å². The summed E-state index contributed by atoms with van der Waals surface area (Å²) in [5.74, 6) is 2.32. The smallest absolute Gasteiger partial charge is 0.174 e. The van der Waals surface area contributed by atoms with E-state index in [4.69, 9.17) is 18.9 Å². The third kappa shape index (κ3) is 5.22. The molecular formula is C27H30O5. The first-order valence-corrected chi connectivity index (χ1v) is 10.6. The van der Waals surface area contributed by atoms with Gasteiger partial charge in [-0.25, -0.2) is 0 Å². The topological polar surface area (TPSA) is 54.0 Å². The number of Topliss-reactive ketones (excluding diaryl/α,β-unsaturated/α-hetero) is 1. The van der Waals surface area contributed by atoms with Gasteiger partial charge in [-0.2, -0.15) is 0 Å². The van der Waals surface area contributed by atoms with Crippen LogP contribution in [-0.4, -0.2) is 26.1 Å². The molecule has 1 atom stereocenters. The molecule has 0 saturated heterocycles. The van der Waals surface area contributed by atoms with E-state index in [9.17, 15) is 4.79 Å². The summed E-state index contributed by atoms with van der Waals surface area (Å²) in [4.78, 5) is 13.2. The van der Waals surface area contributed by atoms with E-state index in [1.54, 1.807) is 25.3 Å². The molecule has 0 aliphatic carbocycles. The Bertz CT molecular complexity index is 1010. The van der Waals surface area contributed by atoms with E-state index in [0.29, 0.717) is 42.4 Å². The number of hydrogen-bond donors (Lipinski definition) is 0. The number of rotatable bonds is 10. The zero-order chi connectivity index (χ0) is 23.1. The molecule has 3 rings (SSSR count). The summed E-state index contributed by atoms with van der Waals surface area (Å²) < 4.78 is 23.4. The Morgan fingerprint density at radius 3 is 2.41 bits per heavy atom. The van der Waals surface area contributed by atoms with E-state index >= 15 is 0 Å². The van der Waals surface area contributed by atoms with Crippen LogP contribution in [0.5, 0.6) is 23.0 Å². The van der Waals surface area contributed by atoms with Gasteiger partial charge in [0.1, 0.15) is 47.9 Å². The maximum atomic E-state index is 13.2. The molecule has 0 spiro atoms. The second-order valence-electron chi connectivity index (χ2n) is 7.75. The predicted molar refractivity (Wildman–Crippen MR) is 126 cm³/mol. The van der Waals surface area contributed by atoms with Crippen LogP contribution in [-0.2, 0) is 6.42 Å². The van der Waals surface area contributed by atoms with Crippen LogP contribution in [0.4, 0.5) is 0 Å². The standard InChI is InChI=1S/C27H30O5/c1-6-14-30-20-11-9-19(10-12-20)23-16-22(28)26-25(29-5)17-24(31-15-7-2)21(27(26)32-23)13-8-18(3)4/h6-12,17,23H,1-2,13-16H2,3-5H3/t23-/m0/s1. The molecule has 0 saturated carbocycles. The number of carbonyl (C=O) groups excluding carboxylic acids is 1. The van der Waals surface area contributed by atoms with Gasteiger partial charge in [0.25, 0.3) is 0 Å². The lowest BCUT2D eigenvalue weighted by Gasteiger charge is -2.29. The first kappa shape index (κ1) is 23.2. The van der Waals surface area contributed by atoms with E-state index in [2.05, 4.69) is 19.2 Å². The lowest BCUT2D eigenvalue weighted by Crippen LogP contribution is -2.22. The average molecular weight is 435 g/mol. The monoisotopic (exact) mass is 434 g/mol. The van der Waals surface area contributed by atoms with Gasteiger partial charge < -0.3 is 18.9 Å². The Hall–Kier alpha value is -3.47. The number of hydrogen-bond acceptors (Lipinski definition) is 5. The maximum Gasteiger partial charge on any atom is 0.174 e. The minimum atomic E-state index is -0.409. The minimum Gasteiger partial charge on any atom is -0.496 e. The molecule has 0 bridgehead atoms. The van der Waals surface area contributed by atoms with Crippen molar-refractivity contribution >= 4 is 5.78 Å². The molecule has 1 aliphatic heterocycles. The molecule has 168 valence electrons. The van der Waals surface area contributed by atoms with Gasteiger partial charge in [0, 0.05) is 11.6 Å². The van der Waals surface area contributed by atoms with Gasteiger partial charge in [0.2, 0.25) is 0 Å². The van der Waals surface area contributed by atoms with Crippen LogP contribution in [0.2, 0.25) is 0 Å². The summed E-state index contributed by atoms with van der Waals surface area (Å²) in [7, 11) is 1.55. The molecule has 0 unspecified atom stereocenters. The van der Waals surface area contributed by atoms with Crippen LogP contribution in [0, 0.1) is 0 Å². The molecule has 32 heavy (non-hydrogen) atoms. The van der Waals surface area contributed by atoms with Gasteiger partial charge in [-0.05, 0) is 38.0 Å². The highest BCUT2D eigenvalue weighted by Crippen LogP contribution is 2.46. The fourth-order valence-corrected chi connectivity index (χ4v) is 3.56. The number of ketones is 1. The molecule has 0 radical (unpaired) electrons.